The van der Waals surface area contributed by atoms with Crippen LogP contribution in [0.1, 0.15) is 17.3 Å². The summed E-state index contributed by atoms with van der Waals surface area (Å²) in [6.07, 6.45) is 0. The van der Waals surface area contributed by atoms with Crippen LogP contribution in [-0.2, 0) is 4.74 Å². The minimum Gasteiger partial charge on any atom is -0.506 e. The summed E-state index contributed by atoms with van der Waals surface area (Å²) in [4.78, 5) is 27.3. The van der Waals surface area contributed by atoms with E-state index < -0.39 is 10.9 Å². The summed E-state index contributed by atoms with van der Waals surface area (Å²) in [6.45, 7) is 1.71. The number of aromatic amines is 1. The van der Waals surface area contributed by atoms with Crippen molar-refractivity contribution in [3.63, 3.8) is 0 Å². The quantitative estimate of drug-likeness (QED) is 0.303. The van der Waals surface area contributed by atoms with Gasteiger partial charge in [-0.05, 0) is 18.6 Å². The Morgan fingerprint density at radius 2 is 1.82 bits per heavy atom. The molecule has 1 aromatic heterocycles. The molecule has 4 rings (SSSR count). The van der Waals surface area contributed by atoms with Crippen LogP contribution < -0.4 is 0 Å². The predicted octanol–water partition coefficient (Wildman–Crippen LogP) is 4.78. The van der Waals surface area contributed by atoms with Crippen molar-refractivity contribution >= 4 is 33.5 Å². The van der Waals surface area contributed by atoms with Gasteiger partial charge in [0.05, 0.1) is 22.5 Å². The van der Waals surface area contributed by atoms with E-state index in [0.29, 0.717) is 16.5 Å². The number of carbonyl (C=O) groups is 1. The molecule has 0 aliphatic heterocycles. The van der Waals surface area contributed by atoms with Crippen LogP contribution in [0, 0.1) is 10.1 Å². The number of hydrogen-bond donors (Lipinski definition) is 2. The van der Waals surface area contributed by atoms with Gasteiger partial charge in [-0.2, -0.15) is 0 Å². The molecule has 0 aliphatic rings. The van der Waals surface area contributed by atoms with Gasteiger partial charge in [-0.1, -0.05) is 48.5 Å². The third-order valence-electron chi connectivity index (χ3n) is 4.63. The number of fused-ring (bicyclic) bond motifs is 3. The summed E-state index contributed by atoms with van der Waals surface area (Å²) in [5, 5.41) is 23.9. The lowest BCUT2D eigenvalue weighted by Gasteiger charge is -2.13. The normalized spacial score (nSPS) is 11.0. The van der Waals surface area contributed by atoms with Crippen molar-refractivity contribution in [2.75, 3.05) is 6.61 Å². The number of esters is 1. The van der Waals surface area contributed by atoms with Gasteiger partial charge in [0.15, 0.2) is 0 Å². The van der Waals surface area contributed by atoms with E-state index in [4.69, 9.17) is 4.74 Å². The molecule has 0 saturated carbocycles. The second kappa shape index (κ2) is 6.70. The van der Waals surface area contributed by atoms with Gasteiger partial charge in [0.1, 0.15) is 16.8 Å². The molecule has 0 atom stereocenters. The summed E-state index contributed by atoms with van der Waals surface area (Å²) in [6, 6.07) is 15.5. The Morgan fingerprint density at radius 3 is 2.50 bits per heavy atom. The van der Waals surface area contributed by atoms with Crippen LogP contribution in [0.5, 0.6) is 5.75 Å². The number of aromatic hydroxyl groups is 1. The molecule has 3 aromatic carbocycles. The molecule has 0 radical (unpaired) electrons. The van der Waals surface area contributed by atoms with Crippen molar-refractivity contribution in [1.82, 2.24) is 4.98 Å². The maximum atomic E-state index is 12.7. The molecular formula is C21H16N2O5. The van der Waals surface area contributed by atoms with Crippen molar-refractivity contribution in [1.29, 1.82) is 0 Å². The van der Waals surface area contributed by atoms with Gasteiger partial charge in [-0.15, -0.1) is 0 Å². The van der Waals surface area contributed by atoms with Gasteiger partial charge < -0.3 is 14.8 Å². The lowest BCUT2D eigenvalue weighted by molar-refractivity contribution is -0.382. The van der Waals surface area contributed by atoms with E-state index in [-0.39, 0.29) is 40.1 Å². The van der Waals surface area contributed by atoms with Crippen LogP contribution >= 0.6 is 0 Å². The number of phenolic OH excluding ortho intramolecular Hbond substituents is 1. The first-order valence-corrected chi connectivity index (χ1v) is 8.70. The highest BCUT2D eigenvalue weighted by Crippen LogP contribution is 2.47. The fourth-order valence-electron chi connectivity index (χ4n) is 3.52. The summed E-state index contributed by atoms with van der Waals surface area (Å²) in [5.41, 5.74) is 0.760. The number of rotatable bonds is 4. The molecule has 0 spiro atoms. The van der Waals surface area contributed by atoms with Crippen molar-refractivity contribution in [2.45, 2.75) is 6.92 Å². The number of nitro groups is 1. The first kappa shape index (κ1) is 17.5. The van der Waals surface area contributed by atoms with Gasteiger partial charge in [-0.25, -0.2) is 4.79 Å². The Hall–Kier alpha value is -3.87. The second-order valence-electron chi connectivity index (χ2n) is 6.21. The SMILES string of the molecule is CCOC(=O)c1c(-c2ccccc2)c([N+](=O)[O-])c2[nH]c3ccccc3c2c1O. The summed E-state index contributed by atoms with van der Waals surface area (Å²) in [5.74, 6) is -1.15. The lowest BCUT2D eigenvalue weighted by Crippen LogP contribution is -2.09. The Bertz CT molecular complexity index is 1230. The van der Waals surface area contributed by atoms with Gasteiger partial charge in [0.2, 0.25) is 0 Å². The molecule has 7 heteroatoms. The first-order chi connectivity index (χ1) is 13.5. The number of nitrogens with one attached hydrogen (secondary N) is 1. The van der Waals surface area contributed by atoms with Gasteiger partial charge in [0.25, 0.3) is 0 Å². The zero-order chi connectivity index (χ0) is 19.8. The molecule has 0 fully saturated rings. The molecule has 0 aliphatic carbocycles. The first-order valence-electron chi connectivity index (χ1n) is 8.70. The van der Waals surface area contributed by atoms with Crippen LogP contribution in [0.25, 0.3) is 32.9 Å². The Labute approximate surface area is 159 Å². The van der Waals surface area contributed by atoms with Gasteiger partial charge in [0, 0.05) is 10.9 Å². The molecule has 0 amide bonds. The number of ether oxygens (including phenoxy) is 1. The molecule has 4 aromatic rings. The third-order valence-corrected chi connectivity index (χ3v) is 4.63. The van der Waals surface area contributed by atoms with E-state index in [1.807, 2.05) is 0 Å². The maximum Gasteiger partial charge on any atom is 0.342 e. The Kier molecular flexibility index (Phi) is 4.19. The smallest absolute Gasteiger partial charge is 0.342 e. The monoisotopic (exact) mass is 376 g/mol. The fourth-order valence-corrected chi connectivity index (χ4v) is 3.52. The zero-order valence-corrected chi connectivity index (χ0v) is 14.9. The molecule has 28 heavy (non-hydrogen) atoms. The van der Waals surface area contributed by atoms with Crippen LogP contribution in [0.2, 0.25) is 0 Å². The summed E-state index contributed by atoms with van der Waals surface area (Å²) < 4.78 is 5.11. The van der Waals surface area contributed by atoms with Crippen LogP contribution in [0.4, 0.5) is 5.69 Å². The molecule has 0 saturated heterocycles. The number of H-pyrrole nitrogens is 1. The van der Waals surface area contributed by atoms with E-state index in [2.05, 4.69) is 4.98 Å². The molecule has 2 N–H and O–H groups in total. The second-order valence-corrected chi connectivity index (χ2v) is 6.21. The minimum atomic E-state index is -0.811. The number of hydrogen-bond acceptors (Lipinski definition) is 5. The zero-order valence-electron chi connectivity index (χ0n) is 14.9. The predicted molar refractivity (Wildman–Crippen MR) is 106 cm³/mol. The third kappa shape index (κ3) is 2.56. The number of benzene rings is 3. The van der Waals surface area contributed by atoms with Crippen LogP contribution in [0.15, 0.2) is 54.6 Å². The number of para-hydroxylation sites is 1. The number of nitrogens with zero attached hydrogens (tertiary/aromatic N) is 1. The minimum absolute atomic E-state index is 0.0283. The molecular weight excluding hydrogens is 360 g/mol. The Morgan fingerprint density at radius 1 is 1.14 bits per heavy atom. The van der Waals surface area contributed by atoms with Gasteiger partial charge in [-0.3, -0.25) is 10.1 Å². The van der Waals surface area contributed by atoms with Crippen molar-refractivity contribution < 1.29 is 19.6 Å². The highest BCUT2D eigenvalue weighted by Gasteiger charge is 2.33. The number of phenols is 1. The highest BCUT2D eigenvalue weighted by atomic mass is 16.6. The van der Waals surface area contributed by atoms with E-state index in [1.54, 1.807) is 61.5 Å². The van der Waals surface area contributed by atoms with Gasteiger partial charge >= 0.3 is 11.7 Å². The van der Waals surface area contributed by atoms with E-state index >= 15 is 0 Å². The molecule has 0 bridgehead atoms. The van der Waals surface area contributed by atoms with Crippen LogP contribution in [0.3, 0.4) is 0 Å². The van der Waals surface area contributed by atoms with Crippen molar-refractivity contribution in [3.05, 3.63) is 70.3 Å². The van der Waals surface area contributed by atoms with Crippen molar-refractivity contribution in [2.24, 2.45) is 0 Å². The maximum absolute atomic E-state index is 12.7. The summed E-state index contributed by atoms with van der Waals surface area (Å²) >= 11 is 0. The molecule has 1 heterocycles. The largest absolute Gasteiger partial charge is 0.506 e. The average Bonchev–Trinajstić information content (AvgIpc) is 3.07. The fraction of sp³-hybridized carbons (Fsp3) is 0.0952. The highest BCUT2D eigenvalue weighted by molar-refractivity contribution is 6.20. The van der Waals surface area contributed by atoms with Crippen molar-refractivity contribution in [3.8, 4) is 16.9 Å². The molecule has 0 unspecified atom stereocenters. The Balaban J connectivity index is 2.26. The number of carbonyl (C=O) groups excluding carboxylic acids is 1. The number of nitro benzene ring substituents is 1. The average molecular weight is 376 g/mol. The standard InChI is InChI=1S/C21H16N2O5/c1-2-28-21(25)17-15(12-8-4-3-5-9-12)19(23(26)27)18-16(20(17)24)13-10-6-7-11-14(13)22-18/h3-11,22,24H,2H2,1H3. The molecule has 7 nitrogen and oxygen atoms in total. The van der Waals surface area contributed by atoms with E-state index in [0.717, 1.165) is 0 Å². The summed E-state index contributed by atoms with van der Waals surface area (Å²) in [7, 11) is 0. The lowest BCUT2D eigenvalue weighted by atomic mass is 9.93. The van der Waals surface area contributed by atoms with E-state index in [1.165, 1.54) is 0 Å². The molecule has 140 valence electrons. The topological polar surface area (TPSA) is 105 Å². The number of aromatic nitrogens is 1. The van der Waals surface area contributed by atoms with E-state index in [9.17, 15) is 20.0 Å². The van der Waals surface area contributed by atoms with Crippen LogP contribution in [-0.4, -0.2) is 27.6 Å².